The standard InChI is InChI=1S/C27H26N2O4/c1-17(2)14-23(30)24-25(19-7-5-13-28-16-19)29(27(32)26(24)31)20-9-11-21(12-10-20)33-22-8-4-6-18(3)15-22/h4-13,15-17,25,31H,14H2,1-3H3. The second-order valence-corrected chi connectivity index (χ2v) is 8.56. The second-order valence-electron chi connectivity index (χ2n) is 8.56. The lowest BCUT2D eigenvalue weighted by atomic mass is 9.93. The summed E-state index contributed by atoms with van der Waals surface area (Å²) < 4.78 is 5.91. The third-order valence-electron chi connectivity index (χ3n) is 5.44. The van der Waals surface area contributed by atoms with Crippen molar-refractivity contribution in [3.8, 4) is 11.5 Å². The molecule has 0 fully saturated rings. The molecule has 1 aliphatic heterocycles. The maximum atomic E-state index is 13.1. The van der Waals surface area contributed by atoms with E-state index in [-0.39, 0.29) is 23.7 Å². The molecular formula is C27H26N2O4. The molecule has 33 heavy (non-hydrogen) atoms. The average Bonchev–Trinajstić information content (AvgIpc) is 3.05. The van der Waals surface area contributed by atoms with Crippen LogP contribution in [0.25, 0.3) is 0 Å². The quantitative estimate of drug-likeness (QED) is 0.508. The molecule has 0 radical (unpaired) electrons. The highest BCUT2D eigenvalue weighted by Gasteiger charge is 2.44. The molecule has 0 saturated heterocycles. The molecule has 1 amide bonds. The lowest BCUT2D eigenvalue weighted by Crippen LogP contribution is -2.31. The number of anilines is 1. The van der Waals surface area contributed by atoms with Crippen molar-refractivity contribution >= 4 is 17.4 Å². The molecule has 1 atom stereocenters. The van der Waals surface area contributed by atoms with Crippen molar-refractivity contribution in [2.24, 2.45) is 5.92 Å². The average molecular weight is 443 g/mol. The maximum absolute atomic E-state index is 13.1. The number of nitrogens with zero attached hydrogens (tertiary/aromatic N) is 2. The zero-order valence-electron chi connectivity index (χ0n) is 18.9. The highest BCUT2D eigenvalue weighted by Crippen LogP contribution is 2.42. The fourth-order valence-electron chi connectivity index (χ4n) is 3.98. The Labute approximate surface area is 193 Å². The number of aromatic nitrogens is 1. The highest BCUT2D eigenvalue weighted by molar-refractivity contribution is 6.16. The molecule has 2 heterocycles. The first-order chi connectivity index (χ1) is 15.8. The lowest BCUT2D eigenvalue weighted by Gasteiger charge is -2.27. The second kappa shape index (κ2) is 9.28. The van der Waals surface area contributed by atoms with Gasteiger partial charge in [0.25, 0.3) is 5.91 Å². The fraction of sp³-hybridized carbons (Fsp3) is 0.222. The number of amides is 1. The number of aliphatic hydroxyl groups is 1. The van der Waals surface area contributed by atoms with E-state index in [4.69, 9.17) is 4.74 Å². The van der Waals surface area contributed by atoms with Gasteiger partial charge in [0.2, 0.25) is 0 Å². The molecule has 1 unspecified atom stereocenters. The number of aliphatic hydroxyl groups excluding tert-OH is 1. The first kappa shape index (κ1) is 22.3. The van der Waals surface area contributed by atoms with E-state index in [1.54, 1.807) is 48.8 Å². The van der Waals surface area contributed by atoms with Crippen molar-refractivity contribution in [2.45, 2.75) is 33.2 Å². The van der Waals surface area contributed by atoms with Crippen molar-refractivity contribution in [1.29, 1.82) is 0 Å². The topological polar surface area (TPSA) is 79.7 Å². The minimum absolute atomic E-state index is 0.0922. The summed E-state index contributed by atoms with van der Waals surface area (Å²) >= 11 is 0. The van der Waals surface area contributed by atoms with Crippen LogP contribution in [0.2, 0.25) is 0 Å². The Morgan fingerprint density at radius 2 is 1.85 bits per heavy atom. The van der Waals surface area contributed by atoms with Crippen LogP contribution in [0, 0.1) is 12.8 Å². The van der Waals surface area contributed by atoms with E-state index >= 15 is 0 Å². The van der Waals surface area contributed by atoms with Gasteiger partial charge in [-0.3, -0.25) is 19.5 Å². The minimum Gasteiger partial charge on any atom is -0.503 e. The van der Waals surface area contributed by atoms with Crippen LogP contribution >= 0.6 is 0 Å². The summed E-state index contributed by atoms with van der Waals surface area (Å²) in [6, 6.07) is 17.5. The van der Waals surface area contributed by atoms with Crippen molar-refractivity contribution in [1.82, 2.24) is 4.98 Å². The number of ketones is 1. The molecule has 0 aliphatic carbocycles. The summed E-state index contributed by atoms with van der Waals surface area (Å²) in [4.78, 5) is 31.7. The predicted octanol–water partition coefficient (Wildman–Crippen LogP) is 5.70. The van der Waals surface area contributed by atoms with Gasteiger partial charge in [-0.05, 0) is 66.4 Å². The van der Waals surface area contributed by atoms with Gasteiger partial charge >= 0.3 is 0 Å². The molecule has 168 valence electrons. The van der Waals surface area contributed by atoms with Gasteiger partial charge in [-0.1, -0.05) is 32.0 Å². The van der Waals surface area contributed by atoms with E-state index in [1.807, 2.05) is 45.0 Å². The van der Waals surface area contributed by atoms with Crippen LogP contribution in [-0.2, 0) is 9.59 Å². The van der Waals surface area contributed by atoms with E-state index in [1.165, 1.54) is 4.90 Å². The molecule has 0 bridgehead atoms. The molecule has 2 aromatic carbocycles. The third kappa shape index (κ3) is 4.65. The van der Waals surface area contributed by atoms with Gasteiger partial charge in [-0.25, -0.2) is 0 Å². The number of carbonyl (C=O) groups is 2. The number of carbonyl (C=O) groups excluding carboxylic acids is 2. The van der Waals surface area contributed by atoms with E-state index in [0.29, 0.717) is 22.7 Å². The number of pyridine rings is 1. The predicted molar refractivity (Wildman–Crippen MR) is 126 cm³/mol. The number of benzene rings is 2. The molecule has 0 saturated carbocycles. The number of ether oxygens (including phenoxy) is 1. The third-order valence-corrected chi connectivity index (χ3v) is 5.44. The van der Waals surface area contributed by atoms with Gasteiger partial charge in [0.15, 0.2) is 11.5 Å². The van der Waals surface area contributed by atoms with Gasteiger partial charge < -0.3 is 9.84 Å². The Kier molecular flexibility index (Phi) is 6.27. The summed E-state index contributed by atoms with van der Waals surface area (Å²) in [5.74, 6) is 0.0652. The van der Waals surface area contributed by atoms with Crippen LogP contribution in [0.5, 0.6) is 11.5 Å². The van der Waals surface area contributed by atoms with E-state index in [9.17, 15) is 14.7 Å². The van der Waals surface area contributed by atoms with Gasteiger partial charge in [-0.2, -0.15) is 0 Å². The van der Waals surface area contributed by atoms with Crippen molar-refractivity contribution in [3.63, 3.8) is 0 Å². The molecule has 4 rings (SSSR count). The number of hydrogen-bond acceptors (Lipinski definition) is 5. The fourth-order valence-corrected chi connectivity index (χ4v) is 3.98. The molecule has 6 nitrogen and oxygen atoms in total. The summed E-state index contributed by atoms with van der Waals surface area (Å²) in [5, 5.41) is 10.7. The summed E-state index contributed by atoms with van der Waals surface area (Å²) in [7, 11) is 0. The number of aryl methyl sites for hydroxylation is 1. The maximum Gasteiger partial charge on any atom is 0.294 e. The highest BCUT2D eigenvalue weighted by atomic mass is 16.5. The van der Waals surface area contributed by atoms with Crippen LogP contribution in [0.15, 0.2) is 84.4 Å². The number of rotatable bonds is 7. The SMILES string of the molecule is Cc1cccc(Oc2ccc(N3C(=O)C(O)=C(C(=O)CC(C)C)C3c3cccnc3)cc2)c1. The summed E-state index contributed by atoms with van der Waals surface area (Å²) in [6.07, 6.45) is 3.48. The normalized spacial score (nSPS) is 15.9. The zero-order chi connectivity index (χ0) is 23.5. The molecule has 1 aliphatic rings. The Bertz CT molecular complexity index is 1200. The van der Waals surface area contributed by atoms with Crippen LogP contribution in [0.3, 0.4) is 0 Å². The van der Waals surface area contributed by atoms with Crippen molar-refractivity contribution < 1.29 is 19.4 Å². The van der Waals surface area contributed by atoms with Crippen LogP contribution in [0.4, 0.5) is 5.69 Å². The molecule has 0 spiro atoms. The van der Waals surface area contributed by atoms with Crippen LogP contribution in [0.1, 0.15) is 37.4 Å². The van der Waals surface area contributed by atoms with Gasteiger partial charge in [-0.15, -0.1) is 0 Å². The Balaban J connectivity index is 1.68. The Hall–Kier alpha value is -3.93. The van der Waals surface area contributed by atoms with E-state index in [2.05, 4.69) is 4.98 Å². The smallest absolute Gasteiger partial charge is 0.294 e. The molecule has 6 heteroatoms. The largest absolute Gasteiger partial charge is 0.503 e. The Morgan fingerprint density at radius 1 is 1.09 bits per heavy atom. The number of Topliss-reactive ketones (excluding diaryl/α,β-unsaturated/α-hetero) is 1. The molecular weight excluding hydrogens is 416 g/mol. The lowest BCUT2D eigenvalue weighted by molar-refractivity contribution is -0.118. The van der Waals surface area contributed by atoms with Crippen LogP contribution < -0.4 is 9.64 Å². The first-order valence-corrected chi connectivity index (χ1v) is 10.9. The number of hydrogen-bond donors (Lipinski definition) is 1. The molecule has 1 aromatic heterocycles. The van der Waals surface area contributed by atoms with Crippen molar-refractivity contribution in [2.75, 3.05) is 4.90 Å². The van der Waals surface area contributed by atoms with Crippen LogP contribution in [-0.4, -0.2) is 21.8 Å². The minimum atomic E-state index is -0.749. The van der Waals surface area contributed by atoms with E-state index in [0.717, 1.165) is 5.56 Å². The first-order valence-electron chi connectivity index (χ1n) is 10.9. The molecule has 1 N–H and O–H groups in total. The van der Waals surface area contributed by atoms with E-state index < -0.39 is 17.7 Å². The monoisotopic (exact) mass is 442 g/mol. The summed E-state index contributed by atoms with van der Waals surface area (Å²) in [6.45, 7) is 5.84. The Morgan fingerprint density at radius 3 is 2.48 bits per heavy atom. The zero-order valence-corrected chi connectivity index (χ0v) is 18.9. The van der Waals surface area contributed by atoms with Gasteiger partial charge in [0.1, 0.15) is 11.5 Å². The van der Waals surface area contributed by atoms with Gasteiger partial charge in [0, 0.05) is 24.5 Å². The molecule has 3 aromatic rings. The van der Waals surface area contributed by atoms with Gasteiger partial charge in [0.05, 0.1) is 11.6 Å². The summed E-state index contributed by atoms with van der Waals surface area (Å²) in [5.41, 5.74) is 2.40. The van der Waals surface area contributed by atoms with Crippen molar-refractivity contribution in [3.05, 3.63) is 95.5 Å².